The van der Waals surface area contributed by atoms with Crippen molar-refractivity contribution in [3.05, 3.63) is 5.21 Å². The van der Waals surface area contributed by atoms with Gasteiger partial charge in [0.2, 0.25) is 5.28 Å². The van der Waals surface area contributed by atoms with Crippen LogP contribution in [-0.2, 0) is 0 Å². The van der Waals surface area contributed by atoms with Crippen LogP contribution in [0.4, 0.5) is 0 Å². The van der Waals surface area contributed by atoms with E-state index in [1.165, 1.54) is 5.01 Å². The van der Waals surface area contributed by atoms with Gasteiger partial charge in [-0.05, 0) is 33.1 Å². The Hall–Kier alpha value is 0. The number of nitrogens with zero attached hydrogens (tertiary/aromatic N) is 3. The van der Waals surface area contributed by atoms with Crippen LogP contribution in [-0.4, -0.2) is 56.8 Å². The minimum absolute atomic E-state index is 0. The quantitative estimate of drug-likeness (QED) is 0.344. The van der Waals surface area contributed by atoms with Gasteiger partial charge >= 0.3 is 29.6 Å². The van der Waals surface area contributed by atoms with Gasteiger partial charge < -0.3 is 10.4 Å². The Labute approximate surface area is 114 Å². The third-order valence-corrected chi connectivity index (χ3v) is 1.98. The van der Waals surface area contributed by atoms with Gasteiger partial charge in [0.15, 0.2) is 0 Å². The van der Waals surface area contributed by atoms with Crippen molar-refractivity contribution in [2.24, 2.45) is 11.2 Å². The number of hydrazine groups is 1. The van der Waals surface area contributed by atoms with Crippen molar-refractivity contribution in [2.45, 2.75) is 46.6 Å². The Morgan fingerprint density at radius 3 is 2.13 bits per heavy atom. The van der Waals surface area contributed by atoms with Gasteiger partial charge in [-0.15, -0.1) is 5.01 Å². The summed E-state index contributed by atoms with van der Waals surface area (Å²) in [6.45, 7) is 10.5. The molecule has 0 heterocycles. The van der Waals surface area contributed by atoms with Crippen LogP contribution in [0, 0.1) is 11.1 Å². The van der Waals surface area contributed by atoms with Gasteiger partial charge in [-0.25, -0.2) is 0 Å². The normalized spacial score (nSPS) is 12.5. The Morgan fingerprint density at radius 2 is 1.87 bits per heavy atom. The fourth-order valence-corrected chi connectivity index (χ4v) is 1.11. The van der Waals surface area contributed by atoms with Gasteiger partial charge in [-0.1, -0.05) is 13.8 Å². The van der Waals surface area contributed by atoms with E-state index in [1.54, 1.807) is 0 Å². The molecule has 0 aliphatic carbocycles. The van der Waals surface area contributed by atoms with Gasteiger partial charge in [0, 0.05) is 0 Å². The second-order valence-corrected chi connectivity index (χ2v) is 4.82. The molecule has 0 aromatic rings. The van der Waals surface area contributed by atoms with Crippen molar-refractivity contribution >= 4 is 29.6 Å². The summed E-state index contributed by atoms with van der Waals surface area (Å²) in [6, 6.07) is 0. The van der Waals surface area contributed by atoms with Crippen molar-refractivity contribution in [1.29, 1.82) is 0 Å². The van der Waals surface area contributed by atoms with Crippen LogP contribution in [0.2, 0.25) is 0 Å². The molecule has 0 fully saturated rings. The average molecular weight is 227 g/mol. The molecule has 0 atom stereocenters. The van der Waals surface area contributed by atoms with Gasteiger partial charge in [0.1, 0.15) is 0 Å². The molecule has 0 saturated carbocycles. The summed E-state index contributed by atoms with van der Waals surface area (Å²) in [7, 11) is 0. The van der Waals surface area contributed by atoms with Crippen LogP contribution in [0.5, 0.6) is 0 Å². The van der Waals surface area contributed by atoms with Crippen molar-refractivity contribution < 1.29 is 10.2 Å². The minimum atomic E-state index is -0.330. The second-order valence-electron chi connectivity index (χ2n) is 4.82. The first-order valence-corrected chi connectivity index (χ1v) is 4.89. The van der Waals surface area contributed by atoms with E-state index >= 15 is 0 Å². The topological polar surface area (TPSA) is 61.9 Å². The van der Waals surface area contributed by atoms with E-state index in [9.17, 15) is 5.21 Å². The van der Waals surface area contributed by atoms with Crippen LogP contribution < -0.4 is 0 Å². The Balaban J connectivity index is 0. The molecule has 0 saturated heterocycles. The fourth-order valence-electron chi connectivity index (χ4n) is 1.11. The number of hydrogen-bond acceptors (Lipinski definition) is 2. The van der Waals surface area contributed by atoms with Crippen molar-refractivity contribution in [1.82, 2.24) is 5.01 Å². The summed E-state index contributed by atoms with van der Waals surface area (Å²) < 4.78 is 0. The van der Waals surface area contributed by atoms with Crippen LogP contribution >= 0.6 is 0 Å². The van der Waals surface area contributed by atoms with E-state index in [2.05, 4.69) is 19.1 Å². The molecule has 0 aliphatic rings. The first-order valence-electron chi connectivity index (χ1n) is 4.89. The second kappa shape index (κ2) is 7.30. The summed E-state index contributed by atoms with van der Waals surface area (Å²) in [6.07, 6.45) is 0.894. The van der Waals surface area contributed by atoms with Crippen LogP contribution in [0.15, 0.2) is 5.28 Å². The summed E-state index contributed by atoms with van der Waals surface area (Å²) in [5.74, 6) is 0.520. The fraction of sp³-hybridized carbons (Fsp3) is 1.00. The molecule has 0 aromatic heterocycles. The molecule has 15 heavy (non-hydrogen) atoms. The molecule has 0 amide bonds. The molecule has 0 unspecified atom stereocenters. The van der Waals surface area contributed by atoms with Crippen LogP contribution in [0.1, 0.15) is 41.0 Å². The first-order chi connectivity index (χ1) is 6.29. The molecule has 0 spiro atoms. The predicted octanol–water partition coefficient (Wildman–Crippen LogP) is 1.75. The van der Waals surface area contributed by atoms with E-state index in [0.717, 1.165) is 6.42 Å². The Kier molecular flexibility index (Phi) is 8.47. The SMILES string of the molecule is CC(C)CCN([N+]([O-])=NO)C(C)(C)C.[NaH]. The Bertz CT molecular complexity index is 202. The van der Waals surface area contributed by atoms with E-state index in [4.69, 9.17) is 5.21 Å². The van der Waals surface area contributed by atoms with Gasteiger partial charge in [-0.2, -0.15) is 0 Å². The molecule has 0 aromatic carbocycles. The monoisotopic (exact) mass is 227 g/mol. The first kappa shape index (κ1) is 17.4. The summed E-state index contributed by atoms with van der Waals surface area (Å²) in [5.41, 5.74) is -0.330. The number of rotatable bonds is 4. The summed E-state index contributed by atoms with van der Waals surface area (Å²) >= 11 is 0. The van der Waals surface area contributed by atoms with Crippen LogP contribution in [0.3, 0.4) is 0 Å². The predicted molar refractivity (Wildman–Crippen MR) is 60.9 cm³/mol. The van der Waals surface area contributed by atoms with Gasteiger partial charge in [0.25, 0.3) is 0 Å². The molecule has 0 aliphatic heterocycles. The van der Waals surface area contributed by atoms with Gasteiger partial charge in [0.05, 0.1) is 17.1 Å². The third kappa shape index (κ3) is 6.98. The van der Waals surface area contributed by atoms with E-state index in [0.29, 0.717) is 12.5 Å². The zero-order valence-electron chi connectivity index (χ0n) is 9.69. The Morgan fingerprint density at radius 1 is 1.40 bits per heavy atom. The maximum atomic E-state index is 11.2. The molecule has 5 nitrogen and oxygen atoms in total. The third-order valence-electron chi connectivity index (χ3n) is 1.98. The van der Waals surface area contributed by atoms with E-state index < -0.39 is 0 Å². The molecule has 6 heteroatoms. The number of hydrogen-bond donors (Lipinski definition) is 1. The average Bonchev–Trinajstić information content (AvgIpc) is 2.01. The van der Waals surface area contributed by atoms with Crippen LogP contribution in [0.25, 0.3) is 0 Å². The van der Waals surface area contributed by atoms with E-state index in [-0.39, 0.29) is 40.1 Å². The molecular weight excluding hydrogens is 205 g/mol. The maximum absolute atomic E-state index is 11.2. The van der Waals surface area contributed by atoms with Crippen molar-refractivity contribution in [2.75, 3.05) is 6.54 Å². The molecule has 0 bridgehead atoms. The summed E-state index contributed by atoms with van der Waals surface area (Å²) in [4.78, 5) is 0.252. The zero-order valence-corrected chi connectivity index (χ0v) is 9.69. The molecule has 1 N–H and O–H groups in total. The summed E-state index contributed by atoms with van der Waals surface area (Å²) in [5, 5.41) is 23.8. The van der Waals surface area contributed by atoms with Crippen molar-refractivity contribution in [3.63, 3.8) is 0 Å². The molecule has 0 rings (SSSR count). The van der Waals surface area contributed by atoms with E-state index in [1.807, 2.05) is 20.8 Å². The zero-order chi connectivity index (χ0) is 11.4. The van der Waals surface area contributed by atoms with Gasteiger partial charge in [-0.3, -0.25) is 0 Å². The molecule has 86 valence electrons. The molecule has 0 radical (unpaired) electrons. The molecular formula is C9H22N3NaO2. The van der Waals surface area contributed by atoms with Crippen molar-refractivity contribution in [3.8, 4) is 0 Å². The standard InChI is InChI=1S/C9H21N3O2.Na.H/c1-8(2)6-7-11(9(3,4)5)12(14)10-13;;/h8,13H,6-7H2,1-5H3;;.